The van der Waals surface area contributed by atoms with Crippen molar-refractivity contribution in [1.82, 2.24) is 9.55 Å². The molecule has 0 saturated carbocycles. The SMILES string of the molecule is COC(=O)c1c(N(Cc2ccc(OC)cc2)CC2C=CC(OC)=CC2C)ncn(-c2c(C)cccc2C(F)F)c1=O. The molecule has 0 N–H and O–H groups in total. The molecule has 3 aromatic rings. The number of aromatic nitrogens is 2. The van der Waals surface area contributed by atoms with Crippen molar-refractivity contribution in [2.45, 2.75) is 26.8 Å². The van der Waals surface area contributed by atoms with E-state index in [1.165, 1.54) is 18.5 Å². The summed E-state index contributed by atoms with van der Waals surface area (Å²) < 4.78 is 44.5. The van der Waals surface area contributed by atoms with Gasteiger partial charge < -0.3 is 19.1 Å². The van der Waals surface area contributed by atoms with Crippen LogP contribution in [-0.4, -0.2) is 43.4 Å². The molecular weight excluding hydrogens is 532 g/mol. The van der Waals surface area contributed by atoms with Crippen LogP contribution in [0.3, 0.4) is 0 Å². The topological polar surface area (TPSA) is 82.9 Å². The van der Waals surface area contributed by atoms with Crippen molar-refractivity contribution < 1.29 is 27.8 Å². The predicted molar refractivity (Wildman–Crippen MR) is 152 cm³/mol. The van der Waals surface area contributed by atoms with Crippen LogP contribution in [0.25, 0.3) is 5.69 Å². The first kappa shape index (κ1) is 29.5. The third kappa shape index (κ3) is 6.32. The van der Waals surface area contributed by atoms with Gasteiger partial charge in [0, 0.05) is 24.6 Å². The second-order valence-corrected chi connectivity index (χ2v) is 9.81. The van der Waals surface area contributed by atoms with Crippen LogP contribution in [0, 0.1) is 18.8 Å². The maximum absolute atomic E-state index is 13.9. The molecule has 1 aromatic heterocycles. The number of halogens is 2. The summed E-state index contributed by atoms with van der Waals surface area (Å²) in [5, 5.41) is 0. The zero-order valence-corrected chi connectivity index (χ0v) is 23.6. The molecule has 41 heavy (non-hydrogen) atoms. The third-order valence-electron chi connectivity index (χ3n) is 7.20. The molecular formula is C31H33F2N3O5. The predicted octanol–water partition coefficient (Wildman–Crippen LogP) is 5.63. The van der Waals surface area contributed by atoms with E-state index in [0.717, 1.165) is 23.0 Å². The number of nitrogens with zero attached hydrogens (tertiary/aromatic N) is 3. The average Bonchev–Trinajstić information content (AvgIpc) is 2.97. The first-order valence-electron chi connectivity index (χ1n) is 13.1. The highest BCUT2D eigenvalue weighted by atomic mass is 19.3. The van der Waals surface area contributed by atoms with Gasteiger partial charge in [-0.1, -0.05) is 43.3 Å². The number of hydrogen-bond acceptors (Lipinski definition) is 7. The highest BCUT2D eigenvalue weighted by Crippen LogP contribution is 2.30. The Kier molecular flexibility index (Phi) is 9.21. The Morgan fingerprint density at radius 1 is 1.10 bits per heavy atom. The van der Waals surface area contributed by atoms with Crippen LogP contribution in [0.15, 0.2) is 77.6 Å². The number of allylic oxidation sites excluding steroid dienone is 2. The van der Waals surface area contributed by atoms with Crippen molar-refractivity contribution in [2.24, 2.45) is 11.8 Å². The number of esters is 1. The molecule has 0 fully saturated rings. The number of alkyl halides is 2. The number of ether oxygens (including phenoxy) is 3. The lowest BCUT2D eigenvalue weighted by Crippen LogP contribution is -2.37. The number of aryl methyl sites for hydroxylation is 1. The Morgan fingerprint density at radius 3 is 2.44 bits per heavy atom. The normalized spacial score (nSPS) is 16.3. The Balaban J connectivity index is 1.86. The monoisotopic (exact) mass is 565 g/mol. The fraction of sp³-hybridized carbons (Fsp3) is 0.323. The van der Waals surface area contributed by atoms with E-state index in [1.54, 1.807) is 27.2 Å². The number of benzene rings is 2. The second kappa shape index (κ2) is 12.8. The molecule has 8 nitrogen and oxygen atoms in total. The van der Waals surface area contributed by atoms with Crippen molar-refractivity contribution in [3.63, 3.8) is 0 Å². The number of para-hydroxylation sites is 1. The zero-order valence-electron chi connectivity index (χ0n) is 23.6. The summed E-state index contributed by atoms with van der Waals surface area (Å²) in [6.45, 7) is 4.36. The van der Waals surface area contributed by atoms with Gasteiger partial charge in [0.1, 0.15) is 17.8 Å². The summed E-state index contributed by atoms with van der Waals surface area (Å²) in [5.41, 5.74) is -0.174. The molecule has 10 heteroatoms. The number of rotatable bonds is 10. The van der Waals surface area contributed by atoms with Crippen LogP contribution in [-0.2, 0) is 16.0 Å². The number of carbonyl (C=O) groups is 1. The highest BCUT2D eigenvalue weighted by molar-refractivity contribution is 5.94. The first-order valence-corrected chi connectivity index (χ1v) is 13.1. The lowest BCUT2D eigenvalue weighted by atomic mass is 9.88. The highest BCUT2D eigenvalue weighted by Gasteiger charge is 2.29. The number of hydrogen-bond donors (Lipinski definition) is 0. The van der Waals surface area contributed by atoms with Crippen LogP contribution in [0.1, 0.15) is 40.4 Å². The molecule has 0 aliphatic heterocycles. The van der Waals surface area contributed by atoms with Crippen molar-refractivity contribution in [2.75, 3.05) is 32.8 Å². The molecule has 2 atom stereocenters. The summed E-state index contributed by atoms with van der Waals surface area (Å²) >= 11 is 0. The van der Waals surface area contributed by atoms with E-state index >= 15 is 0 Å². The van der Waals surface area contributed by atoms with Crippen molar-refractivity contribution in [1.29, 1.82) is 0 Å². The van der Waals surface area contributed by atoms with Crippen LogP contribution in [0.5, 0.6) is 5.75 Å². The van der Waals surface area contributed by atoms with Gasteiger partial charge in [-0.2, -0.15) is 0 Å². The van der Waals surface area contributed by atoms with E-state index in [1.807, 2.05) is 47.4 Å². The largest absolute Gasteiger partial charge is 0.497 e. The molecule has 4 rings (SSSR count). The molecule has 0 bridgehead atoms. The maximum atomic E-state index is 13.9. The van der Waals surface area contributed by atoms with Crippen molar-refractivity contribution in [3.8, 4) is 11.4 Å². The Hall–Kier alpha value is -4.47. The van der Waals surface area contributed by atoms with E-state index in [4.69, 9.17) is 14.2 Å². The van der Waals surface area contributed by atoms with E-state index in [0.29, 0.717) is 24.4 Å². The van der Waals surface area contributed by atoms with Gasteiger partial charge in [0.05, 0.1) is 27.0 Å². The Morgan fingerprint density at radius 2 is 1.83 bits per heavy atom. The zero-order chi connectivity index (χ0) is 29.7. The average molecular weight is 566 g/mol. The molecule has 2 unspecified atom stereocenters. The lowest BCUT2D eigenvalue weighted by molar-refractivity contribution is 0.0598. The van der Waals surface area contributed by atoms with Crippen LogP contribution < -0.4 is 15.2 Å². The van der Waals surface area contributed by atoms with Gasteiger partial charge in [-0.25, -0.2) is 18.6 Å². The van der Waals surface area contributed by atoms with Gasteiger partial charge >= 0.3 is 5.97 Å². The molecule has 0 radical (unpaired) electrons. The fourth-order valence-corrected chi connectivity index (χ4v) is 4.94. The molecule has 2 aromatic carbocycles. The van der Waals surface area contributed by atoms with Gasteiger partial charge in [0.25, 0.3) is 12.0 Å². The smallest absolute Gasteiger partial charge is 0.347 e. The lowest BCUT2D eigenvalue weighted by Gasteiger charge is -2.32. The Bertz CT molecular complexity index is 1520. The molecule has 216 valence electrons. The minimum atomic E-state index is -2.84. The number of methoxy groups -OCH3 is 3. The van der Waals surface area contributed by atoms with E-state index in [9.17, 15) is 18.4 Å². The van der Waals surface area contributed by atoms with Gasteiger partial charge in [0.2, 0.25) is 0 Å². The Labute approximate surface area is 237 Å². The number of carbonyl (C=O) groups excluding carboxylic acids is 1. The quantitative estimate of drug-likeness (QED) is 0.295. The minimum Gasteiger partial charge on any atom is -0.497 e. The standard InChI is InChI=1S/C31H33F2N3O5/c1-19-7-6-8-25(28(32)33)27(19)36-18-34-29(26(30(36)37)31(38)41-5)35(16-21-9-12-23(39-3)13-10-21)17-22-11-14-24(40-4)15-20(22)2/h6-15,18,20,22,28H,16-17H2,1-5H3. The fourth-order valence-electron chi connectivity index (χ4n) is 4.94. The molecule has 0 spiro atoms. The van der Waals surface area contributed by atoms with E-state index in [-0.39, 0.29) is 34.5 Å². The van der Waals surface area contributed by atoms with Crippen LogP contribution in [0.2, 0.25) is 0 Å². The van der Waals surface area contributed by atoms with Crippen molar-refractivity contribution in [3.05, 3.63) is 105 Å². The maximum Gasteiger partial charge on any atom is 0.347 e. The summed E-state index contributed by atoms with van der Waals surface area (Å²) in [7, 11) is 4.35. The summed E-state index contributed by atoms with van der Waals surface area (Å²) in [6.07, 6.45) is 4.27. The van der Waals surface area contributed by atoms with Crippen LogP contribution >= 0.6 is 0 Å². The summed E-state index contributed by atoms with van der Waals surface area (Å²) in [5.74, 6) is 0.695. The van der Waals surface area contributed by atoms with E-state index < -0.39 is 18.0 Å². The second-order valence-electron chi connectivity index (χ2n) is 9.81. The molecule has 0 amide bonds. The minimum absolute atomic E-state index is 0.0105. The summed E-state index contributed by atoms with van der Waals surface area (Å²) in [6, 6.07) is 11.8. The summed E-state index contributed by atoms with van der Waals surface area (Å²) in [4.78, 5) is 33.4. The van der Waals surface area contributed by atoms with E-state index in [2.05, 4.69) is 11.9 Å². The van der Waals surface area contributed by atoms with Gasteiger partial charge in [0.15, 0.2) is 11.4 Å². The van der Waals surface area contributed by atoms with Gasteiger partial charge in [-0.15, -0.1) is 0 Å². The molecule has 1 heterocycles. The van der Waals surface area contributed by atoms with Crippen molar-refractivity contribution >= 4 is 11.8 Å². The van der Waals surface area contributed by atoms with Crippen LogP contribution in [0.4, 0.5) is 14.6 Å². The van der Waals surface area contributed by atoms with Gasteiger partial charge in [-0.3, -0.25) is 9.36 Å². The number of anilines is 1. The third-order valence-corrected chi connectivity index (χ3v) is 7.20. The van der Waals surface area contributed by atoms with Gasteiger partial charge in [-0.05, 0) is 48.3 Å². The molecule has 0 saturated heterocycles. The first-order chi connectivity index (χ1) is 19.7. The molecule has 1 aliphatic carbocycles. The molecule has 1 aliphatic rings.